The molecule has 1 saturated carbocycles. The number of aromatic nitrogens is 1. The van der Waals surface area contributed by atoms with Crippen molar-refractivity contribution in [3.63, 3.8) is 0 Å². The highest BCUT2D eigenvalue weighted by atomic mass is 32.2. The average Bonchev–Trinajstić information content (AvgIpc) is 3.13. The van der Waals surface area contributed by atoms with Crippen LogP contribution in [-0.2, 0) is 10.0 Å². The van der Waals surface area contributed by atoms with Crippen molar-refractivity contribution in [1.82, 2.24) is 9.71 Å². The average molecular weight is 283 g/mol. The van der Waals surface area contributed by atoms with Gasteiger partial charge in [0.2, 0.25) is 10.0 Å². The summed E-state index contributed by atoms with van der Waals surface area (Å²) in [7, 11) is -3.45. The second-order valence-corrected chi connectivity index (χ2v) is 6.82. The number of sulfonamides is 1. The molecule has 1 unspecified atom stereocenters. The monoisotopic (exact) mass is 283 g/mol. The van der Waals surface area contributed by atoms with Gasteiger partial charge in [0.1, 0.15) is 5.82 Å². The molecule has 6 heteroatoms. The topological polar surface area (TPSA) is 71.1 Å². The van der Waals surface area contributed by atoms with Gasteiger partial charge in [-0.2, -0.15) is 0 Å². The van der Waals surface area contributed by atoms with Crippen molar-refractivity contribution in [2.24, 2.45) is 5.92 Å². The van der Waals surface area contributed by atoms with E-state index in [-0.39, 0.29) is 10.9 Å². The summed E-state index contributed by atoms with van der Waals surface area (Å²) in [5, 5.41) is 3.01. The smallest absolute Gasteiger partial charge is 0.240 e. The van der Waals surface area contributed by atoms with Gasteiger partial charge in [0.25, 0.3) is 0 Å². The normalized spacial score (nSPS) is 17.2. The third kappa shape index (κ3) is 4.18. The lowest BCUT2D eigenvalue weighted by molar-refractivity contribution is 0.530. The van der Waals surface area contributed by atoms with Gasteiger partial charge in [-0.25, -0.2) is 18.1 Å². The fourth-order valence-electron chi connectivity index (χ4n) is 2.09. The van der Waals surface area contributed by atoms with Crippen LogP contribution in [0.3, 0.4) is 0 Å². The first-order valence-corrected chi connectivity index (χ1v) is 8.22. The highest BCUT2D eigenvalue weighted by Crippen LogP contribution is 2.33. The summed E-state index contributed by atoms with van der Waals surface area (Å²) in [6, 6.07) is 3.07. The van der Waals surface area contributed by atoms with E-state index in [1.807, 2.05) is 13.8 Å². The van der Waals surface area contributed by atoms with Crippen molar-refractivity contribution in [3.8, 4) is 0 Å². The van der Waals surface area contributed by atoms with Crippen LogP contribution in [0.1, 0.15) is 33.1 Å². The fraction of sp³-hybridized carbons (Fsp3) is 0.615. The molecule has 2 N–H and O–H groups in total. The van der Waals surface area contributed by atoms with Crippen molar-refractivity contribution in [3.05, 3.63) is 18.3 Å². The fourth-order valence-corrected chi connectivity index (χ4v) is 3.36. The number of rotatable bonds is 7. The molecule has 106 valence electrons. The molecule has 1 aromatic rings. The molecular formula is C13H21N3O2S. The molecule has 0 saturated heterocycles. The zero-order chi connectivity index (χ0) is 13.9. The maximum atomic E-state index is 12.2. The summed E-state index contributed by atoms with van der Waals surface area (Å²) < 4.78 is 27.2. The molecule has 0 aromatic carbocycles. The summed E-state index contributed by atoms with van der Waals surface area (Å²) in [6.45, 7) is 4.57. The number of hydrogen-bond acceptors (Lipinski definition) is 4. The van der Waals surface area contributed by atoms with Crippen LogP contribution >= 0.6 is 0 Å². The number of nitrogens with one attached hydrogen (secondary N) is 2. The molecule has 1 aromatic heterocycles. The lowest BCUT2D eigenvalue weighted by Gasteiger charge is -2.14. The summed E-state index contributed by atoms with van der Waals surface area (Å²) in [4.78, 5) is 4.34. The second kappa shape index (κ2) is 5.88. The Hall–Kier alpha value is -1.14. The van der Waals surface area contributed by atoms with Crippen LogP contribution in [0.15, 0.2) is 23.2 Å². The molecule has 1 aliphatic rings. The Morgan fingerprint density at radius 3 is 2.84 bits per heavy atom. The first-order chi connectivity index (χ1) is 9.01. The van der Waals surface area contributed by atoms with Crippen molar-refractivity contribution < 1.29 is 8.42 Å². The first-order valence-electron chi connectivity index (χ1n) is 6.73. The quantitative estimate of drug-likeness (QED) is 0.802. The van der Waals surface area contributed by atoms with E-state index < -0.39 is 10.0 Å². The van der Waals surface area contributed by atoms with Crippen LogP contribution in [0.25, 0.3) is 0 Å². The van der Waals surface area contributed by atoms with Gasteiger partial charge >= 0.3 is 0 Å². The van der Waals surface area contributed by atoms with Gasteiger partial charge in [0.05, 0.1) is 4.90 Å². The van der Waals surface area contributed by atoms with Crippen molar-refractivity contribution in [1.29, 1.82) is 0 Å². The molecule has 5 nitrogen and oxygen atoms in total. The zero-order valence-electron chi connectivity index (χ0n) is 11.4. The van der Waals surface area contributed by atoms with E-state index in [9.17, 15) is 8.42 Å². The van der Waals surface area contributed by atoms with Crippen LogP contribution in [0.2, 0.25) is 0 Å². The van der Waals surface area contributed by atoms with Gasteiger partial charge in [0, 0.05) is 24.8 Å². The number of anilines is 1. The van der Waals surface area contributed by atoms with E-state index in [4.69, 9.17) is 0 Å². The molecule has 0 radical (unpaired) electrons. The third-order valence-corrected chi connectivity index (χ3v) is 4.73. The Labute approximate surface area is 114 Å². The lowest BCUT2D eigenvalue weighted by atomic mass is 10.2. The Kier molecular flexibility index (Phi) is 4.42. The molecule has 19 heavy (non-hydrogen) atoms. The summed E-state index contributed by atoms with van der Waals surface area (Å²) in [5.74, 6) is 1.28. The van der Waals surface area contributed by atoms with E-state index in [2.05, 4.69) is 15.0 Å². The number of nitrogens with zero attached hydrogens (tertiary/aromatic N) is 1. The van der Waals surface area contributed by atoms with Gasteiger partial charge in [-0.05, 0) is 32.3 Å². The highest BCUT2D eigenvalue weighted by Gasteiger charge is 2.26. The summed E-state index contributed by atoms with van der Waals surface area (Å²) >= 11 is 0. The molecule has 0 aliphatic heterocycles. The number of pyridine rings is 1. The van der Waals surface area contributed by atoms with Crippen LogP contribution in [-0.4, -0.2) is 26.0 Å². The van der Waals surface area contributed by atoms with E-state index in [1.54, 1.807) is 6.07 Å². The molecule has 1 aliphatic carbocycles. The maximum absolute atomic E-state index is 12.2. The second-order valence-electron chi connectivity index (χ2n) is 5.11. The standard InChI is InChI=1S/C13H21N3O2S/c1-3-14-13-9-12(6-7-15-13)19(17,18)16-10(2)8-11-4-5-11/h6-7,9-11,16H,3-5,8H2,1-2H3,(H,14,15). The van der Waals surface area contributed by atoms with Crippen LogP contribution in [0.4, 0.5) is 5.82 Å². The predicted molar refractivity (Wildman–Crippen MR) is 75.5 cm³/mol. The van der Waals surface area contributed by atoms with Crippen LogP contribution in [0, 0.1) is 5.92 Å². The van der Waals surface area contributed by atoms with Crippen molar-refractivity contribution >= 4 is 15.8 Å². The van der Waals surface area contributed by atoms with Gasteiger partial charge in [-0.3, -0.25) is 0 Å². The molecule has 1 heterocycles. The largest absolute Gasteiger partial charge is 0.370 e. The Morgan fingerprint density at radius 2 is 2.21 bits per heavy atom. The minimum atomic E-state index is -3.45. The molecule has 0 spiro atoms. The number of hydrogen-bond donors (Lipinski definition) is 2. The SMILES string of the molecule is CCNc1cc(S(=O)(=O)NC(C)CC2CC2)ccn1. The summed E-state index contributed by atoms with van der Waals surface area (Å²) in [5.41, 5.74) is 0. The molecular weight excluding hydrogens is 262 g/mol. The van der Waals surface area contributed by atoms with E-state index >= 15 is 0 Å². The third-order valence-electron chi connectivity index (χ3n) is 3.14. The van der Waals surface area contributed by atoms with E-state index in [0.717, 1.165) is 6.42 Å². The zero-order valence-corrected chi connectivity index (χ0v) is 12.2. The molecule has 0 amide bonds. The maximum Gasteiger partial charge on any atom is 0.240 e. The Balaban J connectivity index is 2.06. The highest BCUT2D eigenvalue weighted by molar-refractivity contribution is 7.89. The van der Waals surface area contributed by atoms with Gasteiger partial charge in [-0.15, -0.1) is 0 Å². The molecule has 2 rings (SSSR count). The first kappa shape index (κ1) is 14.3. The molecule has 0 bridgehead atoms. The van der Waals surface area contributed by atoms with Crippen molar-refractivity contribution in [2.75, 3.05) is 11.9 Å². The van der Waals surface area contributed by atoms with Gasteiger partial charge < -0.3 is 5.32 Å². The van der Waals surface area contributed by atoms with Crippen LogP contribution in [0.5, 0.6) is 0 Å². The minimum Gasteiger partial charge on any atom is -0.370 e. The van der Waals surface area contributed by atoms with Crippen molar-refractivity contribution in [2.45, 2.75) is 44.0 Å². The Bertz CT molecular complexity index is 526. The minimum absolute atomic E-state index is 0.0201. The van der Waals surface area contributed by atoms with Gasteiger partial charge in [0.15, 0.2) is 0 Å². The lowest BCUT2D eigenvalue weighted by Crippen LogP contribution is -2.33. The van der Waals surface area contributed by atoms with Crippen LogP contribution < -0.4 is 10.0 Å². The van der Waals surface area contributed by atoms with Gasteiger partial charge in [-0.1, -0.05) is 12.8 Å². The van der Waals surface area contributed by atoms with E-state index in [0.29, 0.717) is 18.3 Å². The Morgan fingerprint density at radius 1 is 1.47 bits per heavy atom. The predicted octanol–water partition coefficient (Wildman–Crippen LogP) is 1.98. The molecule has 1 fully saturated rings. The summed E-state index contributed by atoms with van der Waals surface area (Å²) in [6.07, 6.45) is 4.89. The van der Waals surface area contributed by atoms with E-state index in [1.165, 1.54) is 25.1 Å². The molecule has 1 atom stereocenters.